The molecule has 3 rings (SSSR count). The quantitative estimate of drug-likeness (QED) is 0.820. The molecule has 1 aliphatic rings. The van der Waals surface area contributed by atoms with Gasteiger partial charge in [-0.05, 0) is 57.0 Å². The third-order valence-electron chi connectivity index (χ3n) is 4.84. The highest BCUT2D eigenvalue weighted by atomic mass is 79.9. The lowest BCUT2D eigenvalue weighted by Gasteiger charge is -2.31. The maximum absolute atomic E-state index is 12.5. The van der Waals surface area contributed by atoms with E-state index in [1.165, 1.54) is 0 Å². The minimum atomic E-state index is -0.0442. The molecule has 6 heteroatoms. The Bertz CT molecular complexity index is 790. The summed E-state index contributed by atoms with van der Waals surface area (Å²) in [6.07, 6.45) is 1.38. The summed E-state index contributed by atoms with van der Waals surface area (Å²) in [6, 6.07) is 9.33. The number of piperidine rings is 1. The van der Waals surface area contributed by atoms with Crippen LogP contribution in [0, 0.1) is 19.8 Å². The Hall–Kier alpha value is -2.08. The van der Waals surface area contributed by atoms with Gasteiger partial charge in [-0.2, -0.15) is 0 Å². The lowest BCUT2D eigenvalue weighted by Crippen LogP contribution is -2.42. The molecular formula is C20H23BrN2O3. The van der Waals surface area contributed by atoms with Crippen LogP contribution in [-0.4, -0.2) is 29.8 Å². The molecule has 2 heterocycles. The summed E-state index contributed by atoms with van der Waals surface area (Å²) in [5, 5.41) is 3.00. The third-order valence-corrected chi connectivity index (χ3v) is 5.37. The third kappa shape index (κ3) is 4.36. The molecule has 1 fully saturated rings. The Morgan fingerprint density at radius 1 is 1.19 bits per heavy atom. The number of aryl methyl sites for hydroxylation is 2. The van der Waals surface area contributed by atoms with E-state index in [2.05, 4.69) is 21.2 Å². The molecule has 1 aromatic carbocycles. The summed E-state index contributed by atoms with van der Waals surface area (Å²) < 4.78 is 6.44. The summed E-state index contributed by atoms with van der Waals surface area (Å²) in [5.41, 5.74) is 1.70. The number of nitrogens with zero attached hydrogens (tertiary/aromatic N) is 1. The van der Waals surface area contributed by atoms with Crippen molar-refractivity contribution in [1.29, 1.82) is 0 Å². The van der Waals surface area contributed by atoms with Crippen molar-refractivity contribution in [2.75, 3.05) is 13.1 Å². The fourth-order valence-electron chi connectivity index (χ4n) is 3.31. The SMILES string of the molecule is Cc1cc(CNC(=O)C2CCN(C(=O)c3ccc(Br)cc3)CC2)c(C)o1. The molecule has 0 atom stereocenters. The molecule has 1 saturated heterocycles. The van der Waals surface area contributed by atoms with Gasteiger partial charge in [0.05, 0.1) is 0 Å². The van der Waals surface area contributed by atoms with Gasteiger partial charge in [-0.3, -0.25) is 9.59 Å². The van der Waals surface area contributed by atoms with Crippen molar-refractivity contribution in [3.05, 3.63) is 57.5 Å². The summed E-state index contributed by atoms with van der Waals surface area (Å²) >= 11 is 3.38. The van der Waals surface area contributed by atoms with Crippen molar-refractivity contribution in [3.63, 3.8) is 0 Å². The van der Waals surface area contributed by atoms with E-state index in [1.54, 1.807) is 0 Å². The minimum Gasteiger partial charge on any atom is -0.466 e. The Morgan fingerprint density at radius 3 is 2.42 bits per heavy atom. The smallest absolute Gasteiger partial charge is 0.253 e. The van der Waals surface area contributed by atoms with Crippen LogP contribution in [-0.2, 0) is 11.3 Å². The van der Waals surface area contributed by atoms with Crippen molar-refractivity contribution in [2.45, 2.75) is 33.2 Å². The fourth-order valence-corrected chi connectivity index (χ4v) is 3.57. The molecule has 0 spiro atoms. The van der Waals surface area contributed by atoms with Gasteiger partial charge in [0.1, 0.15) is 11.5 Å². The van der Waals surface area contributed by atoms with Crippen LogP contribution < -0.4 is 5.32 Å². The van der Waals surface area contributed by atoms with E-state index in [1.807, 2.05) is 49.1 Å². The topological polar surface area (TPSA) is 62.6 Å². The van der Waals surface area contributed by atoms with Crippen molar-refractivity contribution >= 4 is 27.7 Å². The molecule has 138 valence electrons. The number of furan rings is 1. The Morgan fingerprint density at radius 2 is 1.85 bits per heavy atom. The van der Waals surface area contributed by atoms with Gasteiger partial charge < -0.3 is 14.6 Å². The number of hydrogen-bond acceptors (Lipinski definition) is 3. The second-order valence-electron chi connectivity index (χ2n) is 6.73. The number of carbonyl (C=O) groups excluding carboxylic acids is 2. The molecule has 5 nitrogen and oxygen atoms in total. The number of amides is 2. The van der Waals surface area contributed by atoms with Gasteiger partial charge in [0, 0.05) is 41.2 Å². The molecule has 1 aliphatic heterocycles. The molecule has 1 aromatic heterocycles. The van der Waals surface area contributed by atoms with Gasteiger partial charge in [-0.1, -0.05) is 15.9 Å². The summed E-state index contributed by atoms with van der Waals surface area (Å²) in [5.74, 6) is 1.74. The Balaban J connectivity index is 1.49. The van der Waals surface area contributed by atoms with Crippen LogP contribution in [0.1, 0.15) is 40.3 Å². The first-order valence-electron chi connectivity index (χ1n) is 8.82. The molecule has 0 saturated carbocycles. The van der Waals surface area contributed by atoms with E-state index < -0.39 is 0 Å². The van der Waals surface area contributed by atoms with Gasteiger partial charge in [-0.25, -0.2) is 0 Å². The first-order chi connectivity index (χ1) is 12.4. The second-order valence-corrected chi connectivity index (χ2v) is 7.65. The summed E-state index contributed by atoms with van der Waals surface area (Å²) in [7, 11) is 0. The molecular weight excluding hydrogens is 396 g/mol. The highest BCUT2D eigenvalue weighted by molar-refractivity contribution is 9.10. The zero-order valence-corrected chi connectivity index (χ0v) is 16.6. The maximum atomic E-state index is 12.5. The van der Waals surface area contributed by atoms with E-state index in [4.69, 9.17) is 4.42 Å². The largest absolute Gasteiger partial charge is 0.466 e. The lowest BCUT2D eigenvalue weighted by atomic mass is 9.95. The van der Waals surface area contributed by atoms with Crippen LogP contribution in [0.4, 0.5) is 0 Å². The van der Waals surface area contributed by atoms with Crippen LogP contribution in [0.2, 0.25) is 0 Å². The summed E-state index contributed by atoms with van der Waals surface area (Å²) in [4.78, 5) is 26.8. The molecule has 2 amide bonds. The Kier molecular flexibility index (Phi) is 5.81. The minimum absolute atomic E-state index is 0.0286. The second kappa shape index (κ2) is 8.08. The van der Waals surface area contributed by atoms with Crippen LogP contribution in [0.25, 0.3) is 0 Å². The molecule has 0 unspecified atom stereocenters. The number of halogens is 1. The van der Waals surface area contributed by atoms with Crippen LogP contribution >= 0.6 is 15.9 Å². The number of rotatable bonds is 4. The molecule has 26 heavy (non-hydrogen) atoms. The van der Waals surface area contributed by atoms with Crippen molar-refractivity contribution < 1.29 is 14.0 Å². The zero-order chi connectivity index (χ0) is 18.7. The van der Waals surface area contributed by atoms with E-state index in [0.29, 0.717) is 38.0 Å². The molecule has 1 N–H and O–H groups in total. The molecule has 0 radical (unpaired) electrons. The zero-order valence-electron chi connectivity index (χ0n) is 15.0. The highest BCUT2D eigenvalue weighted by Gasteiger charge is 2.27. The number of nitrogens with one attached hydrogen (secondary N) is 1. The van der Waals surface area contributed by atoms with Crippen LogP contribution in [0.3, 0.4) is 0 Å². The van der Waals surface area contributed by atoms with Crippen LogP contribution in [0.5, 0.6) is 0 Å². The fraction of sp³-hybridized carbons (Fsp3) is 0.400. The van der Waals surface area contributed by atoms with Gasteiger partial charge in [-0.15, -0.1) is 0 Å². The number of benzene rings is 1. The normalized spacial score (nSPS) is 15.1. The lowest BCUT2D eigenvalue weighted by molar-refractivity contribution is -0.126. The first-order valence-corrected chi connectivity index (χ1v) is 9.62. The average Bonchev–Trinajstić information content (AvgIpc) is 2.97. The monoisotopic (exact) mass is 418 g/mol. The predicted octanol–water partition coefficient (Wildman–Crippen LogP) is 3.83. The van der Waals surface area contributed by atoms with Gasteiger partial charge in [0.15, 0.2) is 0 Å². The molecule has 2 aromatic rings. The van der Waals surface area contributed by atoms with Gasteiger partial charge in [0.2, 0.25) is 5.91 Å². The standard InChI is InChI=1S/C20H23BrN2O3/c1-13-11-17(14(2)26-13)12-22-19(24)15-7-9-23(10-8-15)20(25)16-3-5-18(21)6-4-16/h3-6,11,15H,7-10,12H2,1-2H3,(H,22,24). The molecule has 0 bridgehead atoms. The van der Waals surface area contributed by atoms with E-state index in [9.17, 15) is 9.59 Å². The predicted molar refractivity (Wildman–Crippen MR) is 103 cm³/mol. The van der Waals surface area contributed by atoms with E-state index in [0.717, 1.165) is 21.6 Å². The van der Waals surface area contributed by atoms with Crippen molar-refractivity contribution in [1.82, 2.24) is 10.2 Å². The van der Waals surface area contributed by atoms with Crippen LogP contribution in [0.15, 0.2) is 39.2 Å². The number of hydrogen-bond donors (Lipinski definition) is 1. The average molecular weight is 419 g/mol. The van der Waals surface area contributed by atoms with E-state index >= 15 is 0 Å². The molecule has 0 aliphatic carbocycles. The van der Waals surface area contributed by atoms with Gasteiger partial charge >= 0.3 is 0 Å². The maximum Gasteiger partial charge on any atom is 0.253 e. The van der Waals surface area contributed by atoms with E-state index in [-0.39, 0.29) is 17.7 Å². The van der Waals surface area contributed by atoms with Gasteiger partial charge in [0.25, 0.3) is 5.91 Å². The van der Waals surface area contributed by atoms with Crippen molar-refractivity contribution in [3.8, 4) is 0 Å². The Labute approximate surface area is 161 Å². The van der Waals surface area contributed by atoms with Crippen molar-refractivity contribution in [2.24, 2.45) is 5.92 Å². The summed E-state index contributed by atoms with van der Waals surface area (Å²) in [6.45, 7) is 5.50. The first kappa shape index (κ1) is 18.7. The highest BCUT2D eigenvalue weighted by Crippen LogP contribution is 2.21. The number of carbonyl (C=O) groups is 2. The number of likely N-dealkylation sites (tertiary alicyclic amines) is 1.